The molecule has 3 rings (SSSR count). The summed E-state index contributed by atoms with van der Waals surface area (Å²) in [5, 5.41) is 3.05. The van der Waals surface area contributed by atoms with Crippen LogP contribution in [0.15, 0.2) is 29.6 Å². The van der Waals surface area contributed by atoms with Gasteiger partial charge in [-0.05, 0) is 31.9 Å². The van der Waals surface area contributed by atoms with Crippen LogP contribution >= 0.6 is 11.3 Å². The fraction of sp³-hybridized carbons (Fsp3) is 0.471. The maximum absolute atomic E-state index is 12.7. The highest BCUT2D eigenvalue weighted by Crippen LogP contribution is 2.27. The third kappa shape index (κ3) is 3.32. The highest BCUT2D eigenvalue weighted by atomic mass is 32.1. The molecule has 0 aliphatic carbocycles. The number of ether oxygens (including phenoxy) is 1. The lowest BCUT2D eigenvalue weighted by molar-refractivity contribution is 0.00851. The minimum absolute atomic E-state index is 0.151. The zero-order chi connectivity index (χ0) is 15.4. The van der Waals surface area contributed by atoms with Gasteiger partial charge in [0.05, 0.1) is 11.7 Å². The summed E-state index contributed by atoms with van der Waals surface area (Å²) in [6.07, 6.45) is 3.01. The summed E-state index contributed by atoms with van der Waals surface area (Å²) in [7, 11) is 0. The van der Waals surface area contributed by atoms with Gasteiger partial charge in [0.1, 0.15) is 0 Å². The Balaban J connectivity index is 1.60. The number of likely N-dealkylation sites (tertiary alicyclic amines) is 1. The van der Waals surface area contributed by atoms with Crippen LogP contribution in [0.25, 0.3) is 10.1 Å². The monoisotopic (exact) mass is 318 g/mol. The third-order valence-corrected chi connectivity index (χ3v) is 5.11. The first-order chi connectivity index (χ1) is 10.8. The van der Waals surface area contributed by atoms with Crippen LogP contribution in [0.2, 0.25) is 0 Å². The van der Waals surface area contributed by atoms with E-state index in [0.29, 0.717) is 6.54 Å². The largest absolute Gasteiger partial charge is 0.378 e. The van der Waals surface area contributed by atoms with E-state index in [9.17, 15) is 4.79 Å². The summed E-state index contributed by atoms with van der Waals surface area (Å²) in [6, 6.07) is 8.09. The molecule has 1 aliphatic rings. The molecule has 118 valence electrons. The second kappa shape index (κ2) is 7.22. The molecule has 0 spiro atoms. The first-order valence-corrected chi connectivity index (χ1v) is 8.74. The van der Waals surface area contributed by atoms with Crippen molar-refractivity contribution in [3.63, 3.8) is 0 Å². The van der Waals surface area contributed by atoms with Crippen molar-refractivity contribution in [2.75, 3.05) is 26.2 Å². The smallest absolute Gasteiger partial charge is 0.255 e. The summed E-state index contributed by atoms with van der Waals surface area (Å²) in [4.78, 5) is 14.7. The number of carbonyl (C=O) groups is 1. The molecule has 1 amide bonds. The van der Waals surface area contributed by atoms with Gasteiger partial charge in [-0.1, -0.05) is 18.2 Å². The van der Waals surface area contributed by atoms with Crippen LogP contribution in [0.3, 0.4) is 0 Å². The first kappa shape index (κ1) is 15.5. The molecule has 4 nitrogen and oxygen atoms in total. The third-order valence-electron chi connectivity index (χ3n) is 4.14. The Morgan fingerprint density at radius 3 is 2.86 bits per heavy atom. The van der Waals surface area contributed by atoms with Gasteiger partial charge in [0.2, 0.25) is 0 Å². The summed E-state index contributed by atoms with van der Waals surface area (Å²) in [5.41, 5.74) is 6.31. The maximum Gasteiger partial charge on any atom is 0.255 e. The van der Waals surface area contributed by atoms with Gasteiger partial charge in [0.25, 0.3) is 5.91 Å². The molecule has 1 aromatic heterocycles. The van der Waals surface area contributed by atoms with E-state index < -0.39 is 0 Å². The topological polar surface area (TPSA) is 55.6 Å². The van der Waals surface area contributed by atoms with Crippen molar-refractivity contribution in [1.29, 1.82) is 0 Å². The van der Waals surface area contributed by atoms with E-state index in [1.165, 1.54) is 4.70 Å². The van der Waals surface area contributed by atoms with Gasteiger partial charge < -0.3 is 15.4 Å². The van der Waals surface area contributed by atoms with Crippen LogP contribution in [-0.2, 0) is 4.74 Å². The molecule has 1 aliphatic heterocycles. The predicted molar refractivity (Wildman–Crippen MR) is 90.4 cm³/mol. The average molecular weight is 318 g/mol. The zero-order valence-electron chi connectivity index (χ0n) is 12.7. The molecule has 2 N–H and O–H groups in total. The highest BCUT2D eigenvalue weighted by Gasteiger charge is 2.25. The number of amides is 1. The van der Waals surface area contributed by atoms with Crippen molar-refractivity contribution in [2.24, 2.45) is 5.73 Å². The number of nitrogens with zero attached hydrogens (tertiary/aromatic N) is 1. The van der Waals surface area contributed by atoms with Crippen molar-refractivity contribution in [3.05, 3.63) is 35.2 Å². The number of rotatable bonds is 5. The molecule has 2 heterocycles. The molecular formula is C17H22N2O2S. The van der Waals surface area contributed by atoms with Gasteiger partial charge in [-0.25, -0.2) is 0 Å². The van der Waals surface area contributed by atoms with Gasteiger partial charge in [-0.15, -0.1) is 11.3 Å². The van der Waals surface area contributed by atoms with Crippen LogP contribution in [-0.4, -0.2) is 43.2 Å². The molecule has 1 saturated heterocycles. The number of carbonyl (C=O) groups excluding carboxylic acids is 1. The summed E-state index contributed by atoms with van der Waals surface area (Å²) >= 11 is 1.64. The van der Waals surface area contributed by atoms with Gasteiger partial charge >= 0.3 is 0 Å². The van der Waals surface area contributed by atoms with E-state index in [1.54, 1.807) is 11.3 Å². The van der Waals surface area contributed by atoms with Crippen LogP contribution in [0.1, 0.15) is 29.6 Å². The number of hydrogen-bond donors (Lipinski definition) is 1. The molecule has 1 aromatic carbocycles. The van der Waals surface area contributed by atoms with Crippen LogP contribution < -0.4 is 5.73 Å². The van der Waals surface area contributed by atoms with E-state index in [4.69, 9.17) is 10.5 Å². The predicted octanol–water partition coefficient (Wildman–Crippen LogP) is 2.87. The molecule has 0 saturated carbocycles. The lowest BCUT2D eigenvalue weighted by atomic mass is 10.1. The molecule has 1 fully saturated rings. The Morgan fingerprint density at radius 1 is 1.32 bits per heavy atom. The van der Waals surface area contributed by atoms with Crippen molar-refractivity contribution in [1.82, 2.24) is 4.90 Å². The van der Waals surface area contributed by atoms with E-state index in [-0.39, 0.29) is 12.0 Å². The summed E-state index contributed by atoms with van der Waals surface area (Å²) in [6.45, 7) is 2.94. The van der Waals surface area contributed by atoms with Crippen molar-refractivity contribution >= 4 is 27.3 Å². The Bertz CT molecular complexity index is 632. The van der Waals surface area contributed by atoms with E-state index >= 15 is 0 Å². The Kier molecular flexibility index (Phi) is 5.08. The number of thiophene rings is 1. The minimum Gasteiger partial charge on any atom is -0.378 e. The second-order valence-electron chi connectivity index (χ2n) is 5.65. The van der Waals surface area contributed by atoms with Crippen molar-refractivity contribution in [2.45, 2.75) is 25.4 Å². The molecule has 5 heteroatoms. The molecule has 2 aromatic rings. The minimum atomic E-state index is 0.151. The van der Waals surface area contributed by atoms with E-state index in [0.717, 1.165) is 49.9 Å². The quantitative estimate of drug-likeness (QED) is 0.863. The Labute approximate surface area is 134 Å². The van der Waals surface area contributed by atoms with Gasteiger partial charge in [-0.3, -0.25) is 4.79 Å². The van der Waals surface area contributed by atoms with Crippen molar-refractivity contribution in [3.8, 4) is 0 Å². The number of benzene rings is 1. The van der Waals surface area contributed by atoms with E-state index in [2.05, 4.69) is 6.07 Å². The van der Waals surface area contributed by atoms with Crippen LogP contribution in [0, 0.1) is 0 Å². The fourth-order valence-electron chi connectivity index (χ4n) is 2.87. The normalized spacial score (nSPS) is 16.3. The van der Waals surface area contributed by atoms with Crippen LogP contribution in [0.5, 0.6) is 0 Å². The number of piperidine rings is 1. The number of fused-ring (bicyclic) bond motifs is 1. The Hall–Kier alpha value is -1.43. The number of hydrogen-bond acceptors (Lipinski definition) is 4. The van der Waals surface area contributed by atoms with Gasteiger partial charge in [0, 0.05) is 35.2 Å². The molecular weight excluding hydrogens is 296 g/mol. The summed E-state index contributed by atoms with van der Waals surface area (Å²) < 4.78 is 6.97. The average Bonchev–Trinajstić information content (AvgIpc) is 2.99. The maximum atomic E-state index is 12.7. The van der Waals surface area contributed by atoms with Gasteiger partial charge in [-0.2, -0.15) is 0 Å². The highest BCUT2D eigenvalue weighted by molar-refractivity contribution is 7.17. The molecule has 22 heavy (non-hydrogen) atoms. The Morgan fingerprint density at radius 2 is 2.09 bits per heavy atom. The SMILES string of the molecule is NCCCOC1CCN(C(=O)c2csc3ccccc23)CC1. The van der Waals surface area contributed by atoms with E-state index in [1.807, 2.05) is 28.5 Å². The first-order valence-electron chi connectivity index (χ1n) is 7.87. The summed E-state index contributed by atoms with van der Waals surface area (Å²) in [5.74, 6) is 0.151. The lowest BCUT2D eigenvalue weighted by Crippen LogP contribution is -2.41. The lowest BCUT2D eigenvalue weighted by Gasteiger charge is -2.32. The molecule has 0 radical (unpaired) electrons. The fourth-order valence-corrected chi connectivity index (χ4v) is 3.81. The standard InChI is InChI=1S/C17H22N2O2S/c18-8-3-11-21-13-6-9-19(10-7-13)17(20)15-12-22-16-5-2-1-4-14(15)16/h1-2,4-5,12-13H,3,6-11,18H2. The van der Waals surface area contributed by atoms with Crippen LogP contribution in [0.4, 0.5) is 0 Å². The molecule has 0 atom stereocenters. The molecule has 0 unspecified atom stereocenters. The van der Waals surface area contributed by atoms with Crippen molar-refractivity contribution < 1.29 is 9.53 Å². The zero-order valence-corrected chi connectivity index (χ0v) is 13.5. The molecule has 0 bridgehead atoms. The van der Waals surface area contributed by atoms with Gasteiger partial charge in [0.15, 0.2) is 0 Å². The number of nitrogens with two attached hydrogens (primary N) is 1. The second-order valence-corrected chi connectivity index (χ2v) is 6.56.